The zero-order chi connectivity index (χ0) is 18.5. The SMILES string of the molecule is Cc1cc(C)n(-c2ccc(=O)n(CCNC(=O)/C=C/c3ccco3)n2)n1. The molecule has 3 rings (SSSR count). The van der Waals surface area contributed by atoms with E-state index >= 15 is 0 Å². The Kier molecular flexibility index (Phi) is 5.12. The summed E-state index contributed by atoms with van der Waals surface area (Å²) >= 11 is 0. The quantitative estimate of drug-likeness (QED) is 0.677. The normalized spacial score (nSPS) is 11.2. The van der Waals surface area contributed by atoms with E-state index in [0.29, 0.717) is 11.6 Å². The summed E-state index contributed by atoms with van der Waals surface area (Å²) in [7, 11) is 0. The van der Waals surface area contributed by atoms with E-state index in [1.54, 1.807) is 29.0 Å². The molecule has 0 spiro atoms. The van der Waals surface area contributed by atoms with Crippen LogP contribution in [0.1, 0.15) is 17.1 Å². The van der Waals surface area contributed by atoms with Gasteiger partial charge in [-0.05, 0) is 44.2 Å². The Bertz CT molecular complexity index is 983. The third kappa shape index (κ3) is 4.15. The molecule has 3 aromatic rings. The summed E-state index contributed by atoms with van der Waals surface area (Å²) < 4.78 is 8.09. The second kappa shape index (κ2) is 7.64. The van der Waals surface area contributed by atoms with Crippen molar-refractivity contribution >= 4 is 12.0 Å². The van der Waals surface area contributed by atoms with Gasteiger partial charge in [-0.15, -0.1) is 5.10 Å². The minimum absolute atomic E-state index is 0.240. The molecule has 3 aromatic heterocycles. The zero-order valence-electron chi connectivity index (χ0n) is 14.5. The molecule has 0 aliphatic heterocycles. The number of rotatable bonds is 6. The van der Waals surface area contributed by atoms with Crippen molar-refractivity contribution in [1.29, 1.82) is 0 Å². The number of aromatic nitrogens is 4. The van der Waals surface area contributed by atoms with Crippen LogP contribution in [0.2, 0.25) is 0 Å². The molecule has 0 aromatic carbocycles. The molecule has 0 saturated heterocycles. The molecule has 1 N–H and O–H groups in total. The molecule has 134 valence electrons. The summed E-state index contributed by atoms with van der Waals surface area (Å²) in [5.74, 6) is 0.874. The van der Waals surface area contributed by atoms with E-state index in [1.807, 2.05) is 19.9 Å². The maximum atomic E-state index is 12.0. The number of carbonyl (C=O) groups is 1. The molecule has 0 bridgehead atoms. The molecule has 0 unspecified atom stereocenters. The Morgan fingerprint density at radius 3 is 2.81 bits per heavy atom. The Hall–Kier alpha value is -3.42. The van der Waals surface area contributed by atoms with Gasteiger partial charge in [0.15, 0.2) is 5.82 Å². The predicted molar refractivity (Wildman–Crippen MR) is 95.8 cm³/mol. The highest BCUT2D eigenvalue weighted by Gasteiger charge is 2.07. The van der Waals surface area contributed by atoms with Crippen molar-refractivity contribution in [1.82, 2.24) is 24.9 Å². The topological polar surface area (TPSA) is 95.0 Å². The lowest BCUT2D eigenvalue weighted by Gasteiger charge is -2.08. The number of hydrogen-bond acceptors (Lipinski definition) is 5. The largest absolute Gasteiger partial charge is 0.465 e. The molecule has 0 saturated carbocycles. The molecule has 8 nitrogen and oxygen atoms in total. The fourth-order valence-electron chi connectivity index (χ4n) is 2.46. The van der Waals surface area contributed by atoms with Crippen molar-refractivity contribution in [2.75, 3.05) is 6.54 Å². The van der Waals surface area contributed by atoms with E-state index in [9.17, 15) is 9.59 Å². The van der Waals surface area contributed by atoms with Gasteiger partial charge in [-0.25, -0.2) is 9.36 Å². The van der Waals surface area contributed by atoms with Crippen molar-refractivity contribution < 1.29 is 9.21 Å². The summed E-state index contributed by atoms with van der Waals surface area (Å²) in [4.78, 5) is 23.8. The molecule has 0 fully saturated rings. The number of hydrogen-bond donors (Lipinski definition) is 1. The van der Waals surface area contributed by atoms with Crippen molar-refractivity contribution in [2.24, 2.45) is 0 Å². The molecule has 26 heavy (non-hydrogen) atoms. The van der Waals surface area contributed by atoms with Gasteiger partial charge in [-0.1, -0.05) is 0 Å². The molecule has 8 heteroatoms. The first kappa shape index (κ1) is 17.4. The van der Waals surface area contributed by atoms with Crippen LogP contribution in [0.5, 0.6) is 0 Å². The molecule has 0 radical (unpaired) electrons. The maximum absolute atomic E-state index is 12.0. The summed E-state index contributed by atoms with van der Waals surface area (Å²) in [6, 6.07) is 8.49. The highest BCUT2D eigenvalue weighted by Crippen LogP contribution is 2.07. The monoisotopic (exact) mass is 353 g/mol. The second-order valence-electron chi connectivity index (χ2n) is 5.73. The predicted octanol–water partition coefficient (Wildman–Crippen LogP) is 1.47. The lowest BCUT2D eigenvalue weighted by atomic mass is 10.4. The van der Waals surface area contributed by atoms with Crippen molar-refractivity contribution in [3.8, 4) is 5.82 Å². The minimum Gasteiger partial charge on any atom is -0.465 e. The Morgan fingerprint density at radius 1 is 1.27 bits per heavy atom. The van der Waals surface area contributed by atoms with Crippen LogP contribution in [0.3, 0.4) is 0 Å². The van der Waals surface area contributed by atoms with E-state index in [0.717, 1.165) is 11.4 Å². The van der Waals surface area contributed by atoms with Gasteiger partial charge in [0.2, 0.25) is 5.91 Å². The Morgan fingerprint density at radius 2 is 2.12 bits per heavy atom. The first-order valence-corrected chi connectivity index (χ1v) is 8.14. The van der Waals surface area contributed by atoms with Gasteiger partial charge in [0.1, 0.15) is 5.76 Å². The fourth-order valence-corrected chi connectivity index (χ4v) is 2.46. The zero-order valence-corrected chi connectivity index (χ0v) is 14.5. The molecule has 0 aliphatic rings. The van der Waals surface area contributed by atoms with Crippen LogP contribution in [0, 0.1) is 13.8 Å². The standard InChI is InChI=1S/C18H19N5O3/c1-13-12-14(2)23(20-13)16-6-8-18(25)22(21-16)10-9-19-17(24)7-5-15-4-3-11-26-15/h3-8,11-12H,9-10H2,1-2H3,(H,19,24)/b7-5+. The van der Waals surface area contributed by atoms with E-state index in [4.69, 9.17) is 4.42 Å². The molecule has 3 heterocycles. The molecule has 0 atom stereocenters. The first-order valence-electron chi connectivity index (χ1n) is 8.14. The van der Waals surface area contributed by atoms with Crippen LogP contribution in [-0.2, 0) is 11.3 Å². The summed E-state index contributed by atoms with van der Waals surface area (Å²) in [5.41, 5.74) is 1.56. The number of furan rings is 1. The summed E-state index contributed by atoms with van der Waals surface area (Å²) in [5, 5.41) is 11.4. The highest BCUT2D eigenvalue weighted by molar-refractivity contribution is 5.91. The van der Waals surface area contributed by atoms with Crippen molar-refractivity contribution in [3.05, 3.63) is 70.2 Å². The third-order valence-corrected chi connectivity index (χ3v) is 3.64. The van der Waals surface area contributed by atoms with E-state index < -0.39 is 0 Å². The molecule has 0 aliphatic carbocycles. The molecular weight excluding hydrogens is 334 g/mol. The van der Waals surface area contributed by atoms with Gasteiger partial charge in [-0.3, -0.25) is 9.59 Å². The number of amides is 1. The van der Waals surface area contributed by atoms with Gasteiger partial charge in [0.25, 0.3) is 5.56 Å². The third-order valence-electron chi connectivity index (χ3n) is 3.64. The van der Waals surface area contributed by atoms with Gasteiger partial charge in [0, 0.05) is 24.4 Å². The van der Waals surface area contributed by atoms with E-state index in [-0.39, 0.29) is 24.6 Å². The lowest BCUT2D eigenvalue weighted by molar-refractivity contribution is -0.116. The van der Waals surface area contributed by atoms with Gasteiger partial charge >= 0.3 is 0 Å². The van der Waals surface area contributed by atoms with Crippen molar-refractivity contribution in [3.63, 3.8) is 0 Å². The highest BCUT2D eigenvalue weighted by atomic mass is 16.3. The van der Waals surface area contributed by atoms with Crippen LogP contribution >= 0.6 is 0 Å². The summed E-state index contributed by atoms with van der Waals surface area (Å²) in [6.45, 7) is 4.34. The second-order valence-corrected chi connectivity index (χ2v) is 5.73. The fraction of sp³-hybridized carbons (Fsp3) is 0.222. The number of nitrogens with zero attached hydrogens (tertiary/aromatic N) is 4. The van der Waals surface area contributed by atoms with E-state index in [2.05, 4.69) is 15.5 Å². The number of carbonyl (C=O) groups excluding carboxylic acids is 1. The van der Waals surface area contributed by atoms with E-state index in [1.165, 1.54) is 23.1 Å². The van der Waals surface area contributed by atoms with Crippen LogP contribution in [0.4, 0.5) is 0 Å². The molecular formula is C18H19N5O3. The van der Waals surface area contributed by atoms with Crippen LogP contribution in [-0.4, -0.2) is 32.0 Å². The summed E-state index contributed by atoms with van der Waals surface area (Å²) in [6.07, 6.45) is 4.48. The maximum Gasteiger partial charge on any atom is 0.266 e. The van der Waals surface area contributed by atoms with Crippen LogP contribution < -0.4 is 10.9 Å². The Labute approximate surface area is 149 Å². The average Bonchev–Trinajstić information content (AvgIpc) is 3.24. The Balaban J connectivity index is 1.63. The van der Waals surface area contributed by atoms with Gasteiger partial charge in [-0.2, -0.15) is 5.10 Å². The average molecular weight is 353 g/mol. The minimum atomic E-state index is -0.274. The lowest BCUT2D eigenvalue weighted by Crippen LogP contribution is -2.31. The van der Waals surface area contributed by atoms with Crippen LogP contribution in [0.15, 0.2) is 51.9 Å². The van der Waals surface area contributed by atoms with Crippen LogP contribution in [0.25, 0.3) is 11.9 Å². The number of aryl methyl sites for hydroxylation is 2. The van der Waals surface area contributed by atoms with Gasteiger partial charge in [0.05, 0.1) is 18.5 Å². The number of nitrogens with one attached hydrogen (secondary N) is 1. The van der Waals surface area contributed by atoms with Crippen molar-refractivity contribution in [2.45, 2.75) is 20.4 Å². The smallest absolute Gasteiger partial charge is 0.266 e. The first-order chi connectivity index (χ1) is 12.5. The molecule has 1 amide bonds. The van der Waals surface area contributed by atoms with Gasteiger partial charge < -0.3 is 9.73 Å².